The average Bonchev–Trinajstić information content (AvgIpc) is 2.65. The van der Waals surface area contributed by atoms with Crippen LogP contribution >= 0.6 is 0 Å². The van der Waals surface area contributed by atoms with Crippen molar-refractivity contribution in [2.24, 2.45) is 5.73 Å². The lowest BCUT2D eigenvalue weighted by molar-refractivity contribution is -0.120. The standard InChI is InChI=1S/C14H21N3O2/c15-11-12-1-3-13(4-2-12)19-10-9-17-7-5-14(18)16-6-8-17/h1-4H,5-11,15H2,(H,16,18). The second-order valence-electron chi connectivity index (χ2n) is 4.64. The Balaban J connectivity index is 1.71. The number of benzene rings is 1. The first-order chi connectivity index (χ1) is 9.28. The maximum Gasteiger partial charge on any atom is 0.221 e. The number of rotatable bonds is 5. The Morgan fingerprint density at radius 3 is 2.79 bits per heavy atom. The van der Waals surface area contributed by atoms with Gasteiger partial charge in [-0.25, -0.2) is 0 Å². The Hall–Kier alpha value is -1.59. The Kier molecular flexibility index (Phi) is 5.18. The third-order valence-corrected chi connectivity index (χ3v) is 3.24. The maximum absolute atomic E-state index is 11.2. The number of amides is 1. The topological polar surface area (TPSA) is 67.6 Å². The lowest BCUT2D eigenvalue weighted by atomic mass is 10.2. The van der Waals surface area contributed by atoms with Gasteiger partial charge in [-0.1, -0.05) is 12.1 Å². The summed E-state index contributed by atoms with van der Waals surface area (Å²) in [6.07, 6.45) is 0.575. The molecule has 0 bridgehead atoms. The van der Waals surface area contributed by atoms with Gasteiger partial charge >= 0.3 is 0 Å². The summed E-state index contributed by atoms with van der Waals surface area (Å²) in [5.74, 6) is 1.00. The zero-order valence-corrected chi connectivity index (χ0v) is 11.1. The molecule has 1 aromatic rings. The number of nitrogens with zero attached hydrogens (tertiary/aromatic N) is 1. The summed E-state index contributed by atoms with van der Waals surface area (Å²) in [6.45, 7) is 4.45. The molecule has 0 radical (unpaired) electrons. The molecule has 1 fully saturated rings. The van der Waals surface area contributed by atoms with Gasteiger partial charge in [-0.05, 0) is 17.7 Å². The first-order valence-corrected chi connectivity index (χ1v) is 6.69. The van der Waals surface area contributed by atoms with Crippen LogP contribution in [0.3, 0.4) is 0 Å². The summed E-state index contributed by atoms with van der Waals surface area (Å²) in [4.78, 5) is 13.4. The van der Waals surface area contributed by atoms with E-state index in [-0.39, 0.29) is 5.91 Å². The highest BCUT2D eigenvalue weighted by atomic mass is 16.5. The highest BCUT2D eigenvalue weighted by molar-refractivity contribution is 5.76. The monoisotopic (exact) mass is 263 g/mol. The van der Waals surface area contributed by atoms with Crippen molar-refractivity contribution in [1.29, 1.82) is 0 Å². The van der Waals surface area contributed by atoms with Crippen molar-refractivity contribution in [3.05, 3.63) is 29.8 Å². The molecule has 0 aliphatic carbocycles. The number of hydrogen-bond acceptors (Lipinski definition) is 4. The fourth-order valence-electron chi connectivity index (χ4n) is 2.05. The highest BCUT2D eigenvalue weighted by Gasteiger charge is 2.12. The van der Waals surface area contributed by atoms with Gasteiger partial charge in [0.1, 0.15) is 12.4 Å². The summed E-state index contributed by atoms with van der Waals surface area (Å²) >= 11 is 0. The van der Waals surface area contributed by atoms with E-state index in [1.54, 1.807) is 0 Å². The quantitative estimate of drug-likeness (QED) is 0.804. The number of nitrogens with one attached hydrogen (secondary N) is 1. The number of hydrogen-bond donors (Lipinski definition) is 2. The molecule has 5 heteroatoms. The second kappa shape index (κ2) is 7.11. The molecule has 0 unspecified atom stereocenters. The number of carbonyl (C=O) groups excluding carboxylic acids is 1. The molecule has 1 aliphatic heterocycles. The van der Waals surface area contributed by atoms with Crippen LogP contribution in [0.15, 0.2) is 24.3 Å². The SMILES string of the molecule is NCc1ccc(OCCN2CCNC(=O)CC2)cc1. The highest BCUT2D eigenvalue weighted by Crippen LogP contribution is 2.11. The zero-order chi connectivity index (χ0) is 13.5. The van der Waals surface area contributed by atoms with Crippen molar-refractivity contribution in [1.82, 2.24) is 10.2 Å². The van der Waals surface area contributed by atoms with E-state index in [0.717, 1.165) is 37.5 Å². The van der Waals surface area contributed by atoms with Gasteiger partial charge < -0.3 is 15.8 Å². The van der Waals surface area contributed by atoms with Gasteiger partial charge in [0, 0.05) is 39.1 Å². The van der Waals surface area contributed by atoms with Crippen molar-refractivity contribution < 1.29 is 9.53 Å². The van der Waals surface area contributed by atoms with E-state index in [2.05, 4.69) is 10.2 Å². The molecule has 1 aliphatic rings. The molecule has 5 nitrogen and oxygen atoms in total. The average molecular weight is 263 g/mol. The fourth-order valence-corrected chi connectivity index (χ4v) is 2.05. The first-order valence-electron chi connectivity index (χ1n) is 6.69. The van der Waals surface area contributed by atoms with E-state index in [4.69, 9.17) is 10.5 Å². The molecule has 19 heavy (non-hydrogen) atoms. The summed E-state index contributed by atoms with van der Waals surface area (Å²) in [5, 5.41) is 2.86. The molecule has 1 saturated heterocycles. The molecule has 1 aromatic carbocycles. The van der Waals surface area contributed by atoms with E-state index < -0.39 is 0 Å². The maximum atomic E-state index is 11.2. The predicted molar refractivity (Wildman–Crippen MR) is 73.9 cm³/mol. The lowest BCUT2D eigenvalue weighted by Gasteiger charge is -2.18. The molecule has 2 rings (SSSR count). The minimum atomic E-state index is 0.140. The van der Waals surface area contributed by atoms with Crippen LogP contribution in [0.25, 0.3) is 0 Å². The van der Waals surface area contributed by atoms with Crippen molar-refractivity contribution >= 4 is 5.91 Å². The molecule has 1 amide bonds. The van der Waals surface area contributed by atoms with Crippen LogP contribution in [0.4, 0.5) is 0 Å². The fraction of sp³-hybridized carbons (Fsp3) is 0.500. The Morgan fingerprint density at radius 1 is 1.26 bits per heavy atom. The van der Waals surface area contributed by atoms with E-state index >= 15 is 0 Å². The first kappa shape index (κ1) is 13.8. The molecule has 0 saturated carbocycles. The van der Waals surface area contributed by atoms with E-state index in [9.17, 15) is 4.79 Å². The van der Waals surface area contributed by atoms with Gasteiger partial charge in [-0.15, -0.1) is 0 Å². The van der Waals surface area contributed by atoms with Gasteiger partial charge in [0.15, 0.2) is 0 Å². The van der Waals surface area contributed by atoms with E-state index in [1.165, 1.54) is 0 Å². The second-order valence-corrected chi connectivity index (χ2v) is 4.64. The normalized spacial score (nSPS) is 16.8. The third kappa shape index (κ3) is 4.54. The summed E-state index contributed by atoms with van der Waals surface area (Å²) < 4.78 is 5.69. The largest absolute Gasteiger partial charge is 0.492 e. The summed E-state index contributed by atoms with van der Waals surface area (Å²) in [5.41, 5.74) is 6.64. The summed E-state index contributed by atoms with van der Waals surface area (Å²) in [7, 11) is 0. The van der Waals surface area contributed by atoms with Crippen LogP contribution < -0.4 is 15.8 Å². The lowest BCUT2D eigenvalue weighted by Crippen LogP contribution is -2.32. The van der Waals surface area contributed by atoms with Gasteiger partial charge in [0.25, 0.3) is 0 Å². The van der Waals surface area contributed by atoms with Crippen molar-refractivity contribution in [3.8, 4) is 5.75 Å². The molecule has 104 valence electrons. The number of nitrogens with two attached hydrogens (primary N) is 1. The molecular weight excluding hydrogens is 242 g/mol. The van der Waals surface area contributed by atoms with Crippen LogP contribution in [0.1, 0.15) is 12.0 Å². The third-order valence-electron chi connectivity index (χ3n) is 3.24. The minimum Gasteiger partial charge on any atom is -0.492 e. The van der Waals surface area contributed by atoms with Crippen LogP contribution in [0.2, 0.25) is 0 Å². The molecular formula is C14H21N3O2. The molecule has 0 aromatic heterocycles. The summed E-state index contributed by atoms with van der Waals surface area (Å²) in [6, 6.07) is 7.83. The Bertz CT molecular complexity index is 406. The van der Waals surface area contributed by atoms with Gasteiger partial charge in [0.05, 0.1) is 0 Å². The zero-order valence-electron chi connectivity index (χ0n) is 11.1. The van der Waals surface area contributed by atoms with Crippen LogP contribution in [0.5, 0.6) is 5.75 Å². The predicted octanol–water partition coefficient (Wildman–Crippen LogP) is 0.346. The molecule has 0 atom stereocenters. The van der Waals surface area contributed by atoms with Crippen LogP contribution in [-0.2, 0) is 11.3 Å². The van der Waals surface area contributed by atoms with Crippen molar-refractivity contribution in [3.63, 3.8) is 0 Å². The van der Waals surface area contributed by atoms with Gasteiger partial charge in [-0.2, -0.15) is 0 Å². The van der Waals surface area contributed by atoms with Crippen molar-refractivity contribution in [2.45, 2.75) is 13.0 Å². The molecule has 0 spiro atoms. The molecule has 1 heterocycles. The molecule has 3 N–H and O–H groups in total. The smallest absolute Gasteiger partial charge is 0.221 e. The van der Waals surface area contributed by atoms with Crippen molar-refractivity contribution in [2.75, 3.05) is 32.8 Å². The Morgan fingerprint density at radius 2 is 2.05 bits per heavy atom. The Labute approximate surface area is 113 Å². The van der Waals surface area contributed by atoms with Crippen LogP contribution in [-0.4, -0.2) is 43.6 Å². The van der Waals surface area contributed by atoms with Gasteiger partial charge in [-0.3, -0.25) is 9.69 Å². The van der Waals surface area contributed by atoms with E-state index in [1.807, 2.05) is 24.3 Å². The van der Waals surface area contributed by atoms with Gasteiger partial charge in [0.2, 0.25) is 5.91 Å². The van der Waals surface area contributed by atoms with Crippen LogP contribution in [0, 0.1) is 0 Å². The minimum absolute atomic E-state index is 0.140. The number of carbonyl (C=O) groups is 1. The van der Waals surface area contributed by atoms with E-state index in [0.29, 0.717) is 19.6 Å². The number of ether oxygens (including phenoxy) is 1.